The van der Waals surface area contributed by atoms with Crippen molar-refractivity contribution >= 4 is 0 Å². The van der Waals surface area contributed by atoms with Crippen molar-refractivity contribution < 1.29 is 4.74 Å². The van der Waals surface area contributed by atoms with Crippen LogP contribution in [-0.2, 0) is 6.54 Å². The third kappa shape index (κ3) is 3.53. The van der Waals surface area contributed by atoms with Crippen molar-refractivity contribution in [2.45, 2.75) is 25.3 Å². The number of nitrogens with one attached hydrogen (secondary N) is 1. The zero-order chi connectivity index (χ0) is 18.6. The Morgan fingerprint density at radius 2 is 1.93 bits per heavy atom. The van der Waals surface area contributed by atoms with Gasteiger partial charge in [0.2, 0.25) is 0 Å². The quantitative estimate of drug-likeness (QED) is 0.756. The first-order chi connectivity index (χ1) is 13.3. The van der Waals surface area contributed by atoms with Crippen LogP contribution in [0, 0.1) is 0 Å². The largest absolute Gasteiger partial charge is 0.496 e. The summed E-state index contributed by atoms with van der Waals surface area (Å²) < 4.78 is 8.74. The van der Waals surface area contributed by atoms with Gasteiger partial charge >= 0.3 is 5.69 Å². The minimum Gasteiger partial charge on any atom is -0.496 e. The predicted molar refractivity (Wildman–Crippen MR) is 105 cm³/mol. The van der Waals surface area contributed by atoms with Gasteiger partial charge in [0.1, 0.15) is 11.6 Å². The maximum Gasteiger partial charge on any atom is 0.350 e. The molecule has 2 aromatic carbocycles. The zero-order valence-electron chi connectivity index (χ0n) is 15.5. The Balaban J connectivity index is 1.79. The lowest BCUT2D eigenvalue weighted by atomic mass is 9.99. The molecule has 6 heteroatoms. The van der Waals surface area contributed by atoms with Gasteiger partial charge in [-0.3, -0.25) is 0 Å². The summed E-state index contributed by atoms with van der Waals surface area (Å²) in [5.41, 5.74) is 1.68. The van der Waals surface area contributed by atoms with Crippen molar-refractivity contribution in [2.24, 2.45) is 0 Å². The molecule has 0 radical (unpaired) electrons. The minimum atomic E-state index is -0.118. The van der Waals surface area contributed by atoms with Crippen molar-refractivity contribution in [3.8, 4) is 11.4 Å². The first-order valence-corrected chi connectivity index (χ1v) is 9.35. The van der Waals surface area contributed by atoms with E-state index in [-0.39, 0.29) is 11.6 Å². The normalized spacial score (nSPS) is 17.0. The smallest absolute Gasteiger partial charge is 0.350 e. The summed E-state index contributed by atoms with van der Waals surface area (Å²) in [4.78, 5) is 13.2. The highest BCUT2D eigenvalue weighted by molar-refractivity contribution is 5.35. The molecule has 0 saturated carbocycles. The predicted octanol–water partition coefficient (Wildman–Crippen LogP) is 2.56. The number of para-hydroxylation sites is 2. The van der Waals surface area contributed by atoms with Crippen LogP contribution in [0.1, 0.15) is 30.1 Å². The molecule has 4 rings (SSSR count). The summed E-state index contributed by atoms with van der Waals surface area (Å²) in [6.07, 6.45) is 2.12. The molecule has 1 saturated heterocycles. The molecule has 1 aliphatic heterocycles. The van der Waals surface area contributed by atoms with E-state index in [0.717, 1.165) is 48.8 Å². The van der Waals surface area contributed by atoms with Gasteiger partial charge in [-0.1, -0.05) is 36.4 Å². The van der Waals surface area contributed by atoms with Crippen molar-refractivity contribution in [3.05, 3.63) is 76.5 Å². The summed E-state index contributed by atoms with van der Waals surface area (Å²) in [7, 11) is 1.64. The van der Waals surface area contributed by atoms with Gasteiger partial charge in [-0.25, -0.2) is 14.0 Å². The standard InChI is InChI=1S/C21H24N4O2/c1-27-19-12-6-5-8-17(19)15-24-21(26)25(18-10-3-2-4-11-18)20(23-24)16-9-7-13-22-14-16/h2-6,8,10-12,16,22H,7,9,13-15H2,1H3. The summed E-state index contributed by atoms with van der Waals surface area (Å²) in [5.74, 6) is 1.82. The highest BCUT2D eigenvalue weighted by atomic mass is 16.5. The molecule has 2 heterocycles. The minimum absolute atomic E-state index is 0.118. The van der Waals surface area contributed by atoms with Gasteiger partial charge in [-0.15, -0.1) is 0 Å². The Bertz CT molecular complexity index is 956. The van der Waals surface area contributed by atoms with E-state index in [1.165, 1.54) is 0 Å². The summed E-state index contributed by atoms with van der Waals surface area (Å²) in [6.45, 7) is 2.25. The van der Waals surface area contributed by atoms with Crippen LogP contribution < -0.4 is 15.7 Å². The molecule has 1 atom stereocenters. The fraction of sp³-hybridized carbons (Fsp3) is 0.333. The highest BCUT2D eigenvalue weighted by Gasteiger charge is 2.25. The SMILES string of the molecule is COc1ccccc1Cn1nc(C2CCCNC2)n(-c2ccccc2)c1=O. The molecular weight excluding hydrogens is 340 g/mol. The molecule has 1 aliphatic rings. The second-order valence-corrected chi connectivity index (χ2v) is 6.82. The lowest BCUT2D eigenvalue weighted by Gasteiger charge is -2.22. The average molecular weight is 364 g/mol. The number of rotatable bonds is 5. The van der Waals surface area contributed by atoms with Gasteiger partial charge in [0.15, 0.2) is 0 Å². The van der Waals surface area contributed by atoms with Crippen LogP contribution in [0.4, 0.5) is 0 Å². The molecule has 0 amide bonds. The molecule has 27 heavy (non-hydrogen) atoms. The van der Waals surface area contributed by atoms with Crippen LogP contribution in [0.15, 0.2) is 59.4 Å². The topological polar surface area (TPSA) is 61.1 Å². The van der Waals surface area contributed by atoms with E-state index in [2.05, 4.69) is 5.32 Å². The zero-order valence-corrected chi connectivity index (χ0v) is 15.5. The summed E-state index contributed by atoms with van der Waals surface area (Å²) >= 11 is 0. The summed E-state index contributed by atoms with van der Waals surface area (Å²) in [5, 5.41) is 8.18. The molecule has 0 bridgehead atoms. The lowest BCUT2D eigenvalue weighted by molar-refractivity contribution is 0.406. The molecule has 6 nitrogen and oxygen atoms in total. The number of aromatic nitrogens is 3. The Kier molecular flexibility index (Phi) is 5.07. The van der Waals surface area contributed by atoms with Crippen LogP contribution >= 0.6 is 0 Å². The number of nitrogens with zero attached hydrogens (tertiary/aromatic N) is 3. The molecule has 3 aromatic rings. The van der Waals surface area contributed by atoms with E-state index < -0.39 is 0 Å². The van der Waals surface area contributed by atoms with Crippen molar-refractivity contribution in [1.82, 2.24) is 19.7 Å². The first kappa shape index (κ1) is 17.5. The number of methoxy groups -OCH3 is 1. The molecule has 140 valence electrons. The van der Waals surface area contributed by atoms with Crippen molar-refractivity contribution in [3.63, 3.8) is 0 Å². The second kappa shape index (κ2) is 7.80. The molecule has 1 unspecified atom stereocenters. The summed E-state index contributed by atoms with van der Waals surface area (Å²) in [6, 6.07) is 17.5. The van der Waals surface area contributed by atoms with E-state index in [0.29, 0.717) is 6.54 Å². The molecule has 1 fully saturated rings. The number of ether oxygens (including phenoxy) is 1. The Labute approximate surface area is 158 Å². The average Bonchev–Trinajstić information content (AvgIpc) is 3.06. The molecular formula is C21H24N4O2. The molecule has 0 spiro atoms. The van der Waals surface area contributed by atoms with Gasteiger partial charge in [-0.2, -0.15) is 5.10 Å². The van der Waals surface area contributed by atoms with E-state index in [4.69, 9.17) is 9.84 Å². The van der Waals surface area contributed by atoms with E-state index in [1.54, 1.807) is 16.4 Å². The van der Waals surface area contributed by atoms with Crippen LogP contribution in [0.3, 0.4) is 0 Å². The van der Waals surface area contributed by atoms with Crippen LogP contribution in [0.5, 0.6) is 5.75 Å². The first-order valence-electron chi connectivity index (χ1n) is 9.35. The van der Waals surface area contributed by atoms with Crippen molar-refractivity contribution in [1.29, 1.82) is 0 Å². The lowest BCUT2D eigenvalue weighted by Crippen LogP contribution is -2.31. The van der Waals surface area contributed by atoms with Gasteiger partial charge < -0.3 is 10.1 Å². The molecule has 0 aliphatic carbocycles. The number of benzene rings is 2. The fourth-order valence-corrected chi connectivity index (χ4v) is 3.68. The second-order valence-electron chi connectivity index (χ2n) is 6.82. The highest BCUT2D eigenvalue weighted by Crippen LogP contribution is 2.24. The fourth-order valence-electron chi connectivity index (χ4n) is 3.68. The van der Waals surface area contributed by atoms with Crippen molar-refractivity contribution in [2.75, 3.05) is 20.2 Å². The van der Waals surface area contributed by atoms with E-state index in [1.807, 2.05) is 54.6 Å². The molecule has 1 N–H and O–H groups in total. The number of hydrogen-bond donors (Lipinski definition) is 1. The molecule has 1 aromatic heterocycles. The van der Waals surface area contributed by atoms with Gasteiger partial charge in [0.05, 0.1) is 19.3 Å². The maximum absolute atomic E-state index is 13.2. The van der Waals surface area contributed by atoms with E-state index >= 15 is 0 Å². The van der Waals surface area contributed by atoms with Gasteiger partial charge in [-0.05, 0) is 37.6 Å². The van der Waals surface area contributed by atoms with Crippen LogP contribution in [-0.4, -0.2) is 34.5 Å². The number of hydrogen-bond acceptors (Lipinski definition) is 4. The Morgan fingerprint density at radius 1 is 1.15 bits per heavy atom. The monoisotopic (exact) mass is 364 g/mol. The van der Waals surface area contributed by atoms with Crippen LogP contribution in [0.2, 0.25) is 0 Å². The van der Waals surface area contributed by atoms with E-state index in [9.17, 15) is 4.79 Å². The van der Waals surface area contributed by atoms with Gasteiger partial charge in [0.25, 0.3) is 0 Å². The third-order valence-corrected chi connectivity index (χ3v) is 5.05. The third-order valence-electron chi connectivity index (χ3n) is 5.05. The van der Waals surface area contributed by atoms with Gasteiger partial charge in [0, 0.05) is 18.0 Å². The Hall–Kier alpha value is -2.86. The maximum atomic E-state index is 13.2. The number of piperidine rings is 1. The Morgan fingerprint density at radius 3 is 2.67 bits per heavy atom. The van der Waals surface area contributed by atoms with Crippen LogP contribution in [0.25, 0.3) is 5.69 Å².